The topological polar surface area (TPSA) is 49.3 Å². The number of rotatable bonds is 6. The number of nitrogens with one attached hydrogen (secondary N) is 1. The molecule has 0 fully saturated rings. The summed E-state index contributed by atoms with van der Waals surface area (Å²) in [5.41, 5.74) is 3.78. The Bertz CT molecular complexity index is 663. The third-order valence-corrected chi connectivity index (χ3v) is 4.29. The van der Waals surface area contributed by atoms with Gasteiger partial charge in [0.2, 0.25) is 5.91 Å². The Morgan fingerprint density at radius 2 is 1.83 bits per heavy atom. The second-order valence-corrected chi connectivity index (χ2v) is 6.61. The molecule has 0 saturated carbocycles. The first-order chi connectivity index (χ1) is 10.9. The number of benzene rings is 2. The third kappa shape index (κ3) is 4.67. The van der Waals surface area contributed by atoms with Gasteiger partial charge in [-0.15, -0.1) is 0 Å². The molecule has 0 radical (unpaired) electrons. The van der Waals surface area contributed by atoms with Crippen molar-refractivity contribution in [3.05, 3.63) is 65.2 Å². The molecule has 0 unspecified atom stereocenters. The van der Waals surface area contributed by atoms with E-state index in [0.717, 1.165) is 23.2 Å². The van der Waals surface area contributed by atoms with Gasteiger partial charge in [0.1, 0.15) is 0 Å². The predicted molar refractivity (Wildman–Crippen MR) is 94.4 cm³/mol. The van der Waals surface area contributed by atoms with Crippen molar-refractivity contribution < 1.29 is 9.90 Å². The normalized spacial score (nSPS) is 11.3. The molecule has 2 aromatic carbocycles. The van der Waals surface area contributed by atoms with E-state index in [-0.39, 0.29) is 17.9 Å². The first-order valence-corrected chi connectivity index (χ1v) is 7.98. The van der Waals surface area contributed by atoms with Crippen molar-refractivity contribution in [2.24, 2.45) is 0 Å². The smallest absolute Gasteiger partial charge is 0.224 e. The van der Waals surface area contributed by atoms with Crippen LogP contribution in [-0.2, 0) is 16.8 Å². The standard InChI is InChI=1S/C20H25NO2/c1-15-9-10-16(14-22)13-18(15)21-19(23)11-12-20(2,3)17-7-5-4-6-8-17/h4-10,13,22H,11-12,14H2,1-3H3,(H,21,23). The molecule has 23 heavy (non-hydrogen) atoms. The number of aliphatic hydroxyl groups excluding tert-OH is 1. The second-order valence-electron chi connectivity index (χ2n) is 6.61. The van der Waals surface area contributed by atoms with E-state index in [1.165, 1.54) is 5.56 Å². The van der Waals surface area contributed by atoms with Gasteiger partial charge in [0.15, 0.2) is 0 Å². The van der Waals surface area contributed by atoms with Crippen LogP contribution in [0.15, 0.2) is 48.5 Å². The third-order valence-electron chi connectivity index (χ3n) is 4.29. The average molecular weight is 311 g/mol. The summed E-state index contributed by atoms with van der Waals surface area (Å²) < 4.78 is 0. The molecule has 3 heteroatoms. The lowest BCUT2D eigenvalue weighted by molar-refractivity contribution is -0.116. The van der Waals surface area contributed by atoms with Crippen LogP contribution in [0.5, 0.6) is 0 Å². The van der Waals surface area contributed by atoms with Crippen molar-refractivity contribution in [2.75, 3.05) is 5.32 Å². The van der Waals surface area contributed by atoms with Gasteiger partial charge >= 0.3 is 0 Å². The lowest BCUT2D eigenvalue weighted by Crippen LogP contribution is -2.21. The SMILES string of the molecule is Cc1ccc(CO)cc1NC(=O)CCC(C)(C)c1ccccc1. The fourth-order valence-electron chi connectivity index (χ4n) is 2.57. The Morgan fingerprint density at radius 1 is 1.13 bits per heavy atom. The maximum absolute atomic E-state index is 12.3. The van der Waals surface area contributed by atoms with Gasteiger partial charge in [-0.2, -0.15) is 0 Å². The molecule has 0 saturated heterocycles. The van der Waals surface area contributed by atoms with Crippen LogP contribution in [0.3, 0.4) is 0 Å². The lowest BCUT2D eigenvalue weighted by Gasteiger charge is -2.25. The van der Waals surface area contributed by atoms with Crippen LogP contribution in [-0.4, -0.2) is 11.0 Å². The predicted octanol–water partition coefficient (Wildman–Crippen LogP) is 4.18. The monoisotopic (exact) mass is 311 g/mol. The molecule has 0 aliphatic rings. The maximum Gasteiger partial charge on any atom is 0.224 e. The van der Waals surface area contributed by atoms with Gasteiger partial charge in [0, 0.05) is 12.1 Å². The van der Waals surface area contributed by atoms with E-state index >= 15 is 0 Å². The molecular weight excluding hydrogens is 286 g/mol. The summed E-state index contributed by atoms with van der Waals surface area (Å²) in [7, 11) is 0. The fraction of sp³-hybridized carbons (Fsp3) is 0.350. The van der Waals surface area contributed by atoms with Crippen LogP contribution < -0.4 is 5.32 Å². The number of aryl methyl sites for hydroxylation is 1. The molecule has 3 nitrogen and oxygen atoms in total. The summed E-state index contributed by atoms with van der Waals surface area (Å²) in [5, 5.41) is 12.2. The number of anilines is 1. The van der Waals surface area contributed by atoms with Gasteiger partial charge in [0.25, 0.3) is 0 Å². The highest BCUT2D eigenvalue weighted by Gasteiger charge is 2.21. The number of carbonyl (C=O) groups excluding carboxylic acids is 1. The molecule has 0 aliphatic carbocycles. The first kappa shape index (κ1) is 17.2. The number of aliphatic hydroxyl groups is 1. The van der Waals surface area contributed by atoms with Gasteiger partial charge in [-0.3, -0.25) is 4.79 Å². The van der Waals surface area contributed by atoms with Crippen LogP contribution in [0.2, 0.25) is 0 Å². The van der Waals surface area contributed by atoms with E-state index in [0.29, 0.717) is 6.42 Å². The van der Waals surface area contributed by atoms with Crippen molar-refractivity contribution >= 4 is 11.6 Å². The Hall–Kier alpha value is -2.13. The zero-order valence-electron chi connectivity index (χ0n) is 14.1. The van der Waals surface area contributed by atoms with Crippen molar-refractivity contribution in [3.8, 4) is 0 Å². The summed E-state index contributed by atoms with van der Waals surface area (Å²) in [5.74, 6) is 0.00666. The van der Waals surface area contributed by atoms with Gasteiger partial charge in [-0.05, 0) is 41.5 Å². The van der Waals surface area contributed by atoms with Crippen LogP contribution in [0.25, 0.3) is 0 Å². The fourth-order valence-corrected chi connectivity index (χ4v) is 2.57. The minimum Gasteiger partial charge on any atom is -0.392 e. The van der Waals surface area contributed by atoms with Crippen LogP contribution in [0, 0.1) is 6.92 Å². The van der Waals surface area contributed by atoms with Gasteiger partial charge in [-0.25, -0.2) is 0 Å². The Balaban J connectivity index is 1.98. The van der Waals surface area contributed by atoms with E-state index in [1.807, 2.05) is 43.3 Å². The summed E-state index contributed by atoms with van der Waals surface area (Å²) in [6.07, 6.45) is 1.24. The molecule has 0 aromatic heterocycles. The van der Waals surface area contributed by atoms with Gasteiger partial charge < -0.3 is 10.4 Å². The Labute approximate surface area is 138 Å². The number of hydrogen-bond acceptors (Lipinski definition) is 2. The Morgan fingerprint density at radius 3 is 2.48 bits per heavy atom. The Kier molecular flexibility index (Phi) is 5.56. The average Bonchev–Trinajstić information content (AvgIpc) is 2.56. The summed E-state index contributed by atoms with van der Waals surface area (Å²) in [6, 6.07) is 15.9. The molecule has 1 amide bonds. The van der Waals surface area contributed by atoms with E-state index in [1.54, 1.807) is 0 Å². The van der Waals surface area contributed by atoms with Crippen LogP contribution in [0.1, 0.15) is 43.4 Å². The molecule has 2 N–H and O–H groups in total. The molecule has 2 aromatic rings. The molecule has 122 valence electrons. The lowest BCUT2D eigenvalue weighted by atomic mass is 9.80. The summed E-state index contributed by atoms with van der Waals surface area (Å²) in [6.45, 7) is 6.25. The molecule has 0 bridgehead atoms. The maximum atomic E-state index is 12.3. The molecule has 0 atom stereocenters. The number of amides is 1. The van der Waals surface area contributed by atoms with Crippen molar-refractivity contribution in [2.45, 2.75) is 45.6 Å². The minimum absolute atomic E-state index is 0.00666. The molecular formula is C20H25NO2. The van der Waals surface area contributed by atoms with E-state index < -0.39 is 0 Å². The quantitative estimate of drug-likeness (QED) is 0.840. The van der Waals surface area contributed by atoms with Crippen LogP contribution in [0.4, 0.5) is 5.69 Å². The zero-order valence-corrected chi connectivity index (χ0v) is 14.1. The van der Waals surface area contributed by atoms with Crippen molar-refractivity contribution in [1.82, 2.24) is 0 Å². The summed E-state index contributed by atoms with van der Waals surface area (Å²) >= 11 is 0. The molecule has 0 aliphatic heterocycles. The summed E-state index contributed by atoms with van der Waals surface area (Å²) in [4.78, 5) is 12.3. The minimum atomic E-state index is -0.0411. The van der Waals surface area contributed by atoms with Crippen molar-refractivity contribution in [1.29, 1.82) is 0 Å². The highest BCUT2D eigenvalue weighted by molar-refractivity contribution is 5.91. The van der Waals surface area contributed by atoms with E-state index in [4.69, 9.17) is 0 Å². The molecule has 2 rings (SSSR count). The highest BCUT2D eigenvalue weighted by Crippen LogP contribution is 2.28. The second kappa shape index (κ2) is 7.42. The van der Waals surface area contributed by atoms with E-state index in [9.17, 15) is 9.90 Å². The number of hydrogen-bond donors (Lipinski definition) is 2. The van der Waals surface area contributed by atoms with Gasteiger partial charge in [-0.1, -0.05) is 56.3 Å². The van der Waals surface area contributed by atoms with Crippen LogP contribution >= 0.6 is 0 Å². The molecule has 0 spiro atoms. The highest BCUT2D eigenvalue weighted by atomic mass is 16.3. The first-order valence-electron chi connectivity index (χ1n) is 7.98. The van der Waals surface area contributed by atoms with Gasteiger partial charge in [0.05, 0.1) is 6.61 Å². The van der Waals surface area contributed by atoms with E-state index in [2.05, 4.69) is 31.3 Å². The number of carbonyl (C=O) groups is 1. The largest absolute Gasteiger partial charge is 0.392 e. The van der Waals surface area contributed by atoms with Crippen molar-refractivity contribution in [3.63, 3.8) is 0 Å². The zero-order chi connectivity index (χ0) is 16.9. The molecule has 0 heterocycles.